The predicted molar refractivity (Wildman–Crippen MR) is 110 cm³/mol. The number of nitrogens with one attached hydrogen (secondary N) is 2. The molecule has 0 saturated carbocycles. The van der Waals surface area contributed by atoms with Gasteiger partial charge in [-0.05, 0) is 23.6 Å². The number of benzene rings is 2. The number of carboxylic acid groups (broad SMARTS) is 1. The van der Waals surface area contributed by atoms with Gasteiger partial charge in [-0.3, -0.25) is 25.0 Å². The van der Waals surface area contributed by atoms with Crippen molar-refractivity contribution in [3.63, 3.8) is 0 Å². The Balaban J connectivity index is 1.65. The molecule has 2 saturated heterocycles. The summed E-state index contributed by atoms with van der Waals surface area (Å²) in [5.41, 5.74) is 0.739. The lowest BCUT2D eigenvalue weighted by Gasteiger charge is -2.32. The first-order valence-electron chi connectivity index (χ1n) is 9.71. The molecule has 7 heteroatoms. The van der Waals surface area contributed by atoms with Gasteiger partial charge in [0.2, 0.25) is 11.8 Å². The normalized spacial score (nSPS) is 29.1. The highest BCUT2D eigenvalue weighted by Crippen LogP contribution is 2.47. The van der Waals surface area contributed by atoms with Crippen LogP contribution in [0.3, 0.4) is 0 Å². The Bertz CT molecular complexity index is 1020. The maximum absolute atomic E-state index is 12.5. The Kier molecular flexibility index (Phi) is 5.01. The molecule has 5 unspecified atom stereocenters. The van der Waals surface area contributed by atoms with Crippen LogP contribution in [0.2, 0.25) is 0 Å². The molecule has 2 aromatic carbocycles. The van der Waals surface area contributed by atoms with Crippen molar-refractivity contribution in [1.29, 1.82) is 0 Å². The summed E-state index contributed by atoms with van der Waals surface area (Å²) < 4.78 is 0. The van der Waals surface area contributed by atoms with Gasteiger partial charge in [0.25, 0.3) is 0 Å². The third-order valence-corrected chi connectivity index (χ3v) is 6.01. The van der Waals surface area contributed by atoms with Crippen LogP contribution in [0.1, 0.15) is 29.7 Å². The highest BCUT2D eigenvalue weighted by Gasteiger charge is 2.68. The summed E-state index contributed by atoms with van der Waals surface area (Å²) in [7, 11) is 0. The number of aliphatic carboxylic acids is 1. The molecule has 2 aliphatic heterocycles. The second-order valence-corrected chi connectivity index (χ2v) is 7.74. The lowest BCUT2D eigenvalue weighted by molar-refractivity contribution is -0.154. The van der Waals surface area contributed by atoms with Gasteiger partial charge in [0.1, 0.15) is 0 Å². The monoisotopic (exact) mass is 406 g/mol. The maximum atomic E-state index is 12.5. The number of rotatable bonds is 5. The predicted octanol–water partition coefficient (Wildman–Crippen LogP) is 1.59. The van der Waals surface area contributed by atoms with Gasteiger partial charge in [0.15, 0.2) is 5.54 Å². The zero-order valence-electron chi connectivity index (χ0n) is 16.3. The first kappa shape index (κ1) is 20.0. The zero-order valence-corrected chi connectivity index (χ0v) is 16.3. The first-order chi connectivity index (χ1) is 14.3. The molecule has 7 nitrogen and oxygen atoms in total. The van der Waals surface area contributed by atoms with Crippen LogP contribution in [0.15, 0.2) is 54.6 Å². The van der Waals surface area contributed by atoms with Gasteiger partial charge < -0.3 is 10.2 Å². The summed E-state index contributed by atoms with van der Waals surface area (Å²) >= 11 is 0. The fraction of sp³-hybridized carbons (Fsp3) is 0.261. The van der Waals surface area contributed by atoms with Crippen molar-refractivity contribution >= 4 is 29.9 Å². The maximum Gasteiger partial charge on any atom is 0.327 e. The second-order valence-electron chi connectivity index (χ2n) is 7.74. The minimum atomic E-state index is -1.93. The van der Waals surface area contributed by atoms with Crippen molar-refractivity contribution in [3.8, 4) is 0 Å². The van der Waals surface area contributed by atoms with E-state index in [1.165, 1.54) is 6.92 Å². The van der Waals surface area contributed by atoms with E-state index in [1.807, 2.05) is 54.6 Å². The molecule has 4 rings (SSSR count). The van der Waals surface area contributed by atoms with E-state index in [-0.39, 0.29) is 0 Å². The number of carbonyl (C=O) groups excluding carboxylic acids is 2. The van der Waals surface area contributed by atoms with Crippen molar-refractivity contribution < 1.29 is 24.6 Å². The number of aliphatic hydroxyl groups is 1. The number of amides is 2. The van der Waals surface area contributed by atoms with Crippen LogP contribution in [-0.4, -0.2) is 39.6 Å². The second kappa shape index (κ2) is 7.51. The Morgan fingerprint density at radius 1 is 1.00 bits per heavy atom. The van der Waals surface area contributed by atoms with Crippen LogP contribution >= 0.6 is 0 Å². The third-order valence-electron chi connectivity index (χ3n) is 6.01. The molecule has 0 radical (unpaired) electrons. The zero-order chi connectivity index (χ0) is 21.5. The Labute approximate surface area is 173 Å². The van der Waals surface area contributed by atoms with Gasteiger partial charge in [0.05, 0.1) is 17.9 Å². The summed E-state index contributed by atoms with van der Waals surface area (Å²) in [5, 5.41) is 25.3. The SMILES string of the molecule is CC(O)C1(C(=O)O)NC(c2ccc(C=Cc3ccccc3)cc2)C2C(=O)NC(=O)C21. The van der Waals surface area contributed by atoms with E-state index in [1.54, 1.807) is 12.1 Å². The fourth-order valence-corrected chi connectivity index (χ4v) is 4.48. The summed E-state index contributed by atoms with van der Waals surface area (Å²) in [4.78, 5) is 36.9. The van der Waals surface area contributed by atoms with E-state index >= 15 is 0 Å². The van der Waals surface area contributed by atoms with Crippen LogP contribution in [0.5, 0.6) is 0 Å². The molecule has 30 heavy (non-hydrogen) atoms. The smallest absolute Gasteiger partial charge is 0.327 e. The lowest BCUT2D eigenvalue weighted by Crippen LogP contribution is -2.62. The van der Waals surface area contributed by atoms with Crippen LogP contribution in [-0.2, 0) is 14.4 Å². The molecule has 4 N–H and O–H groups in total. The van der Waals surface area contributed by atoms with Crippen molar-refractivity contribution in [2.45, 2.75) is 24.6 Å². The number of imide groups is 1. The summed E-state index contributed by atoms with van der Waals surface area (Å²) in [5.74, 6) is -4.66. The van der Waals surface area contributed by atoms with E-state index in [2.05, 4.69) is 10.6 Å². The molecule has 154 valence electrons. The molecular formula is C23H22N2O5. The molecular weight excluding hydrogens is 384 g/mol. The van der Waals surface area contributed by atoms with E-state index in [9.17, 15) is 24.6 Å². The van der Waals surface area contributed by atoms with Gasteiger partial charge in [-0.2, -0.15) is 0 Å². The average Bonchev–Trinajstić information content (AvgIpc) is 3.25. The Morgan fingerprint density at radius 2 is 1.60 bits per heavy atom. The molecule has 2 fully saturated rings. The number of hydrogen-bond donors (Lipinski definition) is 4. The number of hydrogen-bond acceptors (Lipinski definition) is 5. The van der Waals surface area contributed by atoms with Crippen LogP contribution in [0.25, 0.3) is 12.2 Å². The van der Waals surface area contributed by atoms with Crippen LogP contribution in [0.4, 0.5) is 0 Å². The number of carbonyl (C=O) groups is 3. The number of fused-ring (bicyclic) bond motifs is 1. The fourth-order valence-electron chi connectivity index (χ4n) is 4.48. The number of aliphatic hydroxyl groups excluding tert-OH is 1. The molecule has 0 bridgehead atoms. The average molecular weight is 406 g/mol. The Hall–Kier alpha value is -3.29. The first-order valence-corrected chi connectivity index (χ1v) is 9.71. The van der Waals surface area contributed by atoms with Gasteiger partial charge in [-0.15, -0.1) is 0 Å². The van der Waals surface area contributed by atoms with E-state index in [4.69, 9.17) is 0 Å². The molecule has 2 amide bonds. The van der Waals surface area contributed by atoms with E-state index in [0.29, 0.717) is 5.56 Å². The largest absolute Gasteiger partial charge is 0.480 e. The van der Waals surface area contributed by atoms with Gasteiger partial charge >= 0.3 is 5.97 Å². The van der Waals surface area contributed by atoms with Gasteiger partial charge in [-0.25, -0.2) is 0 Å². The molecule has 2 aliphatic rings. The van der Waals surface area contributed by atoms with Crippen molar-refractivity contribution in [1.82, 2.24) is 10.6 Å². The standard InChI is InChI=1S/C23H22N2O5/c1-13(26)23(22(29)30)18-17(20(27)24-21(18)28)19(25-23)16-11-9-15(10-12-16)8-7-14-5-3-2-4-6-14/h2-13,17-19,25-26H,1H3,(H,29,30)(H,24,27,28). The molecule has 5 atom stereocenters. The molecule has 0 aliphatic carbocycles. The highest BCUT2D eigenvalue weighted by molar-refractivity contribution is 6.09. The van der Waals surface area contributed by atoms with Crippen molar-refractivity contribution in [3.05, 3.63) is 71.3 Å². The van der Waals surface area contributed by atoms with Gasteiger partial charge in [-0.1, -0.05) is 66.7 Å². The van der Waals surface area contributed by atoms with Crippen molar-refractivity contribution in [2.24, 2.45) is 11.8 Å². The topological polar surface area (TPSA) is 116 Å². The van der Waals surface area contributed by atoms with Crippen LogP contribution < -0.4 is 10.6 Å². The van der Waals surface area contributed by atoms with E-state index < -0.39 is 47.3 Å². The minimum Gasteiger partial charge on any atom is -0.480 e. The van der Waals surface area contributed by atoms with E-state index in [0.717, 1.165) is 11.1 Å². The molecule has 2 aromatic rings. The summed E-state index contributed by atoms with van der Waals surface area (Å²) in [6, 6.07) is 16.5. The third kappa shape index (κ3) is 3.12. The summed E-state index contributed by atoms with van der Waals surface area (Å²) in [6.45, 7) is 1.31. The van der Waals surface area contributed by atoms with Crippen molar-refractivity contribution in [2.75, 3.05) is 0 Å². The van der Waals surface area contributed by atoms with Crippen LogP contribution in [0, 0.1) is 11.8 Å². The quantitative estimate of drug-likeness (QED) is 0.443. The molecule has 0 spiro atoms. The molecule has 2 heterocycles. The van der Waals surface area contributed by atoms with Gasteiger partial charge in [0, 0.05) is 6.04 Å². The minimum absolute atomic E-state index is 0.528. The summed E-state index contributed by atoms with van der Waals surface area (Å²) in [6.07, 6.45) is 2.55. The lowest BCUT2D eigenvalue weighted by atomic mass is 9.76. The Morgan fingerprint density at radius 3 is 2.17 bits per heavy atom. The number of carboxylic acids is 1. The highest BCUT2D eigenvalue weighted by atomic mass is 16.4. The molecule has 0 aromatic heterocycles.